The van der Waals surface area contributed by atoms with E-state index in [0.29, 0.717) is 5.02 Å². The molecular formula is C11H12ClN3. The summed E-state index contributed by atoms with van der Waals surface area (Å²) in [5.74, 6) is 0. The highest BCUT2D eigenvalue weighted by molar-refractivity contribution is 6.30. The highest BCUT2D eigenvalue weighted by atomic mass is 35.5. The van der Waals surface area contributed by atoms with Crippen molar-refractivity contribution in [2.45, 2.75) is 13.0 Å². The Morgan fingerprint density at radius 2 is 2.27 bits per heavy atom. The topological polar surface area (TPSA) is 43.8 Å². The molecule has 2 N–H and O–H groups in total. The van der Waals surface area contributed by atoms with Crippen molar-refractivity contribution in [3.63, 3.8) is 0 Å². The Hall–Kier alpha value is -1.32. The molecule has 15 heavy (non-hydrogen) atoms. The molecule has 0 spiro atoms. The lowest BCUT2D eigenvalue weighted by atomic mass is 10.2. The van der Waals surface area contributed by atoms with Gasteiger partial charge in [0.15, 0.2) is 0 Å². The van der Waals surface area contributed by atoms with Crippen molar-refractivity contribution >= 4 is 11.6 Å². The molecule has 0 saturated carbocycles. The first-order valence-electron chi connectivity index (χ1n) is 4.72. The fraction of sp³-hybridized carbons (Fsp3) is 0.182. The molecule has 1 heterocycles. The Bertz CT molecular complexity index is 462. The maximum Gasteiger partial charge on any atom is 0.0994 e. The number of aromatic nitrogens is 2. The smallest absolute Gasteiger partial charge is 0.0994 e. The zero-order valence-corrected chi connectivity index (χ0v) is 9.15. The lowest BCUT2D eigenvalue weighted by Gasteiger charge is -2.10. The third kappa shape index (κ3) is 2.03. The molecule has 1 aromatic heterocycles. The van der Waals surface area contributed by atoms with Crippen molar-refractivity contribution in [1.29, 1.82) is 0 Å². The summed E-state index contributed by atoms with van der Waals surface area (Å²) in [6.07, 6.45) is 3.51. The molecule has 0 radical (unpaired) electrons. The minimum Gasteiger partial charge on any atom is -0.323 e. The van der Waals surface area contributed by atoms with Gasteiger partial charge in [0.05, 0.1) is 18.2 Å². The van der Waals surface area contributed by atoms with Gasteiger partial charge in [-0.05, 0) is 25.1 Å². The molecule has 0 bridgehead atoms. The van der Waals surface area contributed by atoms with E-state index in [2.05, 4.69) is 4.98 Å². The first-order chi connectivity index (χ1) is 7.18. The number of hydrogen-bond donors (Lipinski definition) is 1. The van der Waals surface area contributed by atoms with Crippen LogP contribution in [-0.4, -0.2) is 9.55 Å². The lowest BCUT2D eigenvalue weighted by Crippen LogP contribution is -2.10. The van der Waals surface area contributed by atoms with Crippen LogP contribution in [0.2, 0.25) is 5.02 Å². The van der Waals surface area contributed by atoms with Crippen molar-refractivity contribution < 1.29 is 0 Å². The van der Waals surface area contributed by atoms with Crippen LogP contribution in [0.15, 0.2) is 36.8 Å². The predicted molar refractivity (Wildman–Crippen MR) is 61.2 cm³/mol. The monoisotopic (exact) mass is 221 g/mol. The summed E-state index contributed by atoms with van der Waals surface area (Å²) in [5, 5.41) is 0.705. The van der Waals surface area contributed by atoms with Crippen molar-refractivity contribution in [2.24, 2.45) is 5.73 Å². The van der Waals surface area contributed by atoms with Gasteiger partial charge in [0, 0.05) is 16.8 Å². The average molecular weight is 222 g/mol. The van der Waals surface area contributed by atoms with E-state index in [9.17, 15) is 0 Å². The Labute approximate surface area is 93.5 Å². The minimum atomic E-state index is -0.0496. The molecule has 0 fully saturated rings. The summed E-state index contributed by atoms with van der Waals surface area (Å²) < 4.78 is 1.94. The summed E-state index contributed by atoms with van der Waals surface area (Å²) >= 11 is 5.93. The Balaban J connectivity index is 2.49. The van der Waals surface area contributed by atoms with Crippen LogP contribution in [0.1, 0.15) is 18.7 Å². The predicted octanol–water partition coefficient (Wildman–Crippen LogP) is 2.55. The number of imidazole rings is 1. The van der Waals surface area contributed by atoms with E-state index in [-0.39, 0.29) is 6.04 Å². The summed E-state index contributed by atoms with van der Waals surface area (Å²) in [5.41, 5.74) is 7.79. The van der Waals surface area contributed by atoms with Gasteiger partial charge in [-0.25, -0.2) is 4.98 Å². The number of rotatable bonds is 2. The standard InChI is InChI=1S/C11H12ClN3/c1-8(13)11-6-14-7-15(11)10-4-2-3-9(12)5-10/h2-8H,13H2,1H3/t8-/m0/s1. The molecular weight excluding hydrogens is 210 g/mol. The molecule has 0 amide bonds. The first kappa shape index (κ1) is 10.2. The Morgan fingerprint density at radius 1 is 1.47 bits per heavy atom. The maximum absolute atomic E-state index is 5.93. The molecule has 2 aromatic rings. The maximum atomic E-state index is 5.93. The van der Waals surface area contributed by atoms with E-state index in [4.69, 9.17) is 17.3 Å². The van der Waals surface area contributed by atoms with Gasteiger partial charge in [0.1, 0.15) is 0 Å². The van der Waals surface area contributed by atoms with Gasteiger partial charge in [-0.15, -0.1) is 0 Å². The number of benzene rings is 1. The molecule has 0 aliphatic heterocycles. The SMILES string of the molecule is C[C@H](N)c1cncn1-c1cccc(Cl)c1. The second-order valence-corrected chi connectivity index (χ2v) is 3.89. The molecule has 78 valence electrons. The largest absolute Gasteiger partial charge is 0.323 e. The van der Waals surface area contributed by atoms with Crippen LogP contribution < -0.4 is 5.73 Å². The number of nitrogens with zero attached hydrogens (tertiary/aromatic N) is 2. The van der Waals surface area contributed by atoms with E-state index in [1.165, 1.54) is 0 Å². The highest BCUT2D eigenvalue weighted by Crippen LogP contribution is 2.18. The van der Waals surface area contributed by atoms with Crippen LogP contribution in [0, 0.1) is 0 Å². The fourth-order valence-corrected chi connectivity index (χ4v) is 1.67. The van der Waals surface area contributed by atoms with Gasteiger partial charge in [0.25, 0.3) is 0 Å². The van der Waals surface area contributed by atoms with Crippen LogP contribution in [0.5, 0.6) is 0 Å². The fourth-order valence-electron chi connectivity index (χ4n) is 1.48. The molecule has 0 saturated heterocycles. The quantitative estimate of drug-likeness (QED) is 0.847. The number of hydrogen-bond acceptors (Lipinski definition) is 2. The van der Waals surface area contributed by atoms with Crippen molar-refractivity contribution in [2.75, 3.05) is 0 Å². The van der Waals surface area contributed by atoms with Crippen LogP contribution in [0.3, 0.4) is 0 Å². The van der Waals surface area contributed by atoms with Gasteiger partial charge < -0.3 is 10.3 Å². The van der Waals surface area contributed by atoms with Crippen LogP contribution in [0.4, 0.5) is 0 Å². The summed E-state index contributed by atoms with van der Waals surface area (Å²) in [4.78, 5) is 4.09. The summed E-state index contributed by atoms with van der Waals surface area (Å²) in [6.45, 7) is 1.93. The second-order valence-electron chi connectivity index (χ2n) is 3.46. The Morgan fingerprint density at radius 3 is 2.93 bits per heavy atom. The van der Waals surface area contributed by atoms with Crippen molar-refractivity contribution in [3.05, 3.63) is 47.5 Å². The molecule has 0 unspecified atom stereocenters. The molecule has 2 rings (SSSR count). The van der Waals surface area contributed by atoms with E-state index < -0.39 is 0 Å². The van der Waals surface area contributed by atoms with Crippen LogP contribution in [0.25, 0.3) is 5.69 Å². The van der Waals surface area contributed by atoms with E-state index >= 15 is 0 Å². The van der Waals surface area contributed by atoms with Gasteiger partial charge in [0.2, 0.25) is 0 Å². The third-order valence-corrected chi connectivity index (χ3v) is 2.46. The van der Waals surface area contributed by atoms with Crippen LogP contribution in [-0.2, 0) is 0 Å². The molecule has 0 aliphatic rings. The van der Waals surface area contributed by atoms with Gasteiger partial charge in [-0.3, -0.25) is 0 Å². The first-order valence-corrected chi connectivity index (χ1v) is 5.10. The summed E-state index contributed by atoms with van der Waals surface area (Å²) in [6, 6.07) is 7.55. The molecule has 1 atom stereocenters. The average Bonchev–Trinajstić information content (AvgIpc) is 2.65. The van der Waals surface area contributed by atoms with Gasteiger partial charge in [-0.2, -0.15) is 0 Å². The van der Waals surface area contributed by atoms with E-state index in [1.54, 1.807) is 12.5 Å². The molecule has 4 heteroatoms. The third-order valence-electron chi connectivity index (χ3n) is 2.22. The molecule has 0 aliphatic carbocycles. The number of nitrogens with two attached hydrogens (primary N) is 1. The zero-order valence-electron chi connectivity index (χ0n) is 8.39. The summed E-state index contributed by atoms with van der Waals surface area (Å²) in [7, 11) is 0. The normalized spacial score (nSPS) is 12.7. The Kier molecular flexibility index (Phi) is 2.75. The van der Waals surface area contributed by atoms with E-state index in [0.717, 1.165) is 11.4 Å². The molecule has 1 aromatic carbocycles. The molecule has 3 nitrogen and oxygen atoms in total. The van der Waals surface area contributed by atoms with Crippen molar-refractivity contribution in [1.82, 2.24) is 9.55 Å². The van der Waals surface area contributed by atoms with Crippen molar-refractivity contribution in [3.8, 4) is 5.69 Å². The minimum absolute atomic E-state index is 0.0496. The second kappa shape index (κ2) is 4.04. The van der Waals surface area contributed by atoms with Crippen LogP contribution >= 0.6 is 11.6 Å². The van der Waals surface area contributed by atoms with Gasteiger partial charge in [-0.1, -0.05) is 17.7 Å². The number of halogens is 1. The zero-order chi connectivity index (χ0) is 10.8. The highest BCUT2D eigenvalue weighted by Gasteiger charge is 2.07. The van der Waals surface area contributed by atoms with E-state index in [1.807, 2.05) is 35.8 Å². The lowest BCUT2D eigenvalue weighted by molar-refractivity contribution is 0.752. The van der Waals surface area contributed by atoms with Gasteiger partial charge >= 0.3 is 0 Å².